The Morgan fingerprint density at radius 3 is 2.46 bits per heavy atom. The summed E-state index contributed by atoms with van der Waals surface area (Å²) in [5.74, 6) is 0.198. The zero-order valence-electron chi connectivity index (χ0n) is 19.7. The van der Waals surface area contributed by atoms with Gasteiger partial charge in [0.1, 0.15) is 12.6 Å². The van der Waals surface area contributed by atoms with E-state index in [2.05, 4.69) is 20.6 Å². The van der Waals surface area contributed by atoms with Crippen molar-refractivity contribution in [1.29, 1.82) is 0 Å². The molecule has 1 aromatic heterocycles. The van der Waals surface area contributed by atoms with Gasteiger partial charge in [0.2, 0.25) is 5.91 Å². The van der Waals surface area contributed by atoms with E-state index in [0.717, 1.165) is 27.3 Å². The Balaban J connectivity index is 1.37. The molecule has 8 heteroatoms. The summed E-state index contributed by atoms with van der Waals surface area (Å²) in [7, 11) is 0. The zero-order valence-corrected chi connectivity index (χ0v) is 20.5. The number of hydrogen-bond donors (Lipinski definition) is 3. The van der Waals surface area contributed by atoms with E-state index < -0.39 is 12.1 Å². The predicted octanol–water partition coefficient (Wildman–Crippen LogP) is 5.74. The molecule has 4 rings (SSSR count). The highest BCUT2D eigenvalue weighted by molar-refractivity contribution is 7.98. The van der Waals surface area contributed by atoms with Gasteiger partial charge in [0, 0.05) is 11.4 Å². The van der Waals surface area contributed by atoms with E-state index >= 15 is 0 Å². The molecule has 0 fully saturated rings. The Labute approximate surface area is 208 Å². The standard InChI is InChI=1S/C27H28N4O3S/c1-18(2)24(31-27(33)34-16-19-10-4-3-5-11-19)25(32)28-21-13-7-6-12-20(21)17-35-26-29-22-14-8-9-15-23(22)30-26/h3-15,18,24H,16-17H2,1-2H3,(H,28,32)(H,29,30)(H,31,33)/t24-/m0/s1. The number of fused-ring (bicyclic) bond motifs is 1. The summed E-state index contributed by atoms with van der Waals surface area (Å²) in [6.07, 6.45) is -0.628. The van der Waals surface area contributed by atoms with Crippen LogP contribution in [0.4, 0.5) is 10.5 Å². The molecule has 7 nitrogen and oxygen atoms in total. The van der Waals surface area contributed by atoms with Crippen LogP contribution < -0.4 is 10.6 Å². The number of rotatable bonds is 9. The molecule has 0 aliphatic rings. The summed E-state index contributed by atoms with van der Waals surface area (Å²) in [6, 6.07) is 24.2. The molecule has 0 aliphatic carbocycles. The molecule has 0 aliphatic heterocycles. The minimum atomic E-state index is -0.741. The number of ether oxygens (including phenoxy) is 1. The molecule has 3 aromatic carbocycles. The molecule has 0 bridgehead atoms. The number of anilines is 1. The maximum absolute atomic E-state index is 13.1. The van der Waals surface area contributed by atoms with E-state index in [0.29, 0.717) is 11.4 Å². The van der Waals surface area contributed by atoms with Crippen molar-refractivity contribution in [2.24, 2.45) is 5.92 Å². The second kappa shape index (κ2) is 11.6. The lowest BCUT2D eigenvalue weighted by Crippen LogP contribution is -2.47. The number of amides is 2. The highest BCUT2D eigenvalue weighted by atomic mass is 32.2. The number of aromatic amines is 1. The third kappa shape index (κ3) is 6.64. The summed E-state index contributed by atoms with van der Waals surface area (Å²) in [5, 5.41) is 6.50. The highest BCUT2D eigenvalue weighted by Crippen LogP contribution is 2.27. The van der Waals surface area contributed by atoms with Gasteiger partial charge < -0.3 is 20.4 Å². The number of nitrogens with one attached hydrogen (secondary N) is 3. The number of carbonyl (C=O) groups is 2. The normalized spacial score (nSPS) is 11.9. The maximum Gasteiger partial charge on any atom is 0.408 e. The minimum Gasteiger partial charge on any atom is -0.445 e. The van der Waals surface area contributed by atoms with Gasteiger partial charge in [0.05, 0.1) is 11.0 Å². The molecular weight excluding hydrogens is 460 g/mol. The number of thioether (sulfide) groups is 1. The highest BCUT2D eigenvalue weighted by Gasteiger charge is 2.25. The lowest BCUT2D eigenvalue weighted by atomic mass is 10.0. The monoisotopic (exact) mass is 488 g/mol. The van der Waals surface area contributed by atoms with Crippen molar-refractivity contribution < 1.29 is 14.3 Å². The van der Waals surface area contributed by atoms with Crippen LogP contribution in [0.3, 0.4) is 0 Å². The van der Waals surface area contributed by atoms with Crippen LogP contribution in [0.2, 0.25) is 0 Å². The third-order valence-corrected chi connectivity index (χ3v) is 6.36. The van der Waals surface area contributed by atoms with E-state index in [1.807, 2.05) is 92.7 Å². The van der Waals surface area contributed by atoms with Crippen LogP contribution in [0.1, 0.15) is 25.0 Å². The number of aromatic nitrogens is 2. The molecule has 0 saturated heterocycles. The first-order chi connectivity index (χ1) is 17.0. The lowest BCUT2D eigenvalue weighted by molar-refractivity contribution is -0.119. The number of hydrogen-bond acceptors (Lipinski definition) is 5. The van der Waals surface area contributed by atoms with Gasteiger partial charge in [-0.25, -0.2) is 9.78 Å². The molecule has 2 amide bonds. The van der Waals surface area contributed by atoms with Gasteiger partial charge in [-0.3, -0.25) is 4.79 Å². The number of carbonyl (C=O) groups excluding carboxylic acids is 2. The average Bonchev–Trinajstić information content (AvgIpc) is 3.29. The van der Waals surface area contributed by atoms with Crippen molar-refractivity contribution in [3.8, 4) is 0 Å². The van der Waals surface area contributed by atoms with Gasteiger partial charge in [0.25, 0.3) is 0 Å². The van der Waals surface area contributed by atoms with Crippen molar-refractivity contribution in [2.45, 2.75) is 37.4 Å². The minimum absolute atomic E-state index is 0.128. The van der Waals surface area contributed by atoms with E-state index in [1.165, 1.54) is 0 Å². The van der Waals surface area contributed by atoms with Gasteiger partial charge >= 0.3 is 6.09 Å². The molecule has 0 saturated carbocycles. The SMILES string of the molecule is CC(C)[C@H](NC(=O)OCc1ccccc1)C(=O)Nc1ccccc1CSc1nc2ccccc2[nH]1. The maximum atomic E-state index is 13.1. The molecule has 1 heterocycles. The average molecular weight is 489 g/mol. The first kappa shape index (κ1) is 24.3. The number of alkyl carbamates (subject to hydrolysis) is 1. The van der Waals surface area contributed by atoms with Crippen molar-refractivity contribution in [3.05, 3.63) is 90.0 Å². The molecule has 35 heavy (non-hydrogen) atoms. The number of benzene rings is 3. The Hall–Kier alpha value is -3.78. The van der Waals surface area contributed by atoms with Crippen LogP contribution in [-0.2, 0) is 21.9 Å². The predicted molar refractivity (Wildman–Crippen MR) is 139 cm³/mol. The van der Waals surface area contributed by atoms with E-state index in [-0.39, 0.29) is 18.4 Å². The topological polar surface area (TPSA) is 96.1 Å². The van der Waals surface area contributed by atoms with Gasteiger partial charge in [-0.2, -0.15) is 0 Å². The van der Waals surface area contributed by atoms with Gasteiger partial charge in [-0.1, -0.05) is 86.3 Å². The van der Waals surface area contributed by atoms with Crippen molar-refractivity contribution in [2.75, 3.05) is 5.32 Å². The molecule has 3 N–H and O–H groups in total. The van der Waals surface area contributed by atoms with Gasteiger partial charge in [-0.05, 0) is 35.2 Å². The second-order valence-electron chi connectivity index (χ2n) is 8.42. The van der Waals surface area contributed by atoms with Crippen LogP contribution in [0.15, 0.2) is 84.0 Å². The Kier molecular flexibility index (Phi) is 8.05. The third-order valence-electron chi connectivity index (χ3n) is 5.44. The molecule has 180 valence electrons. The van der Waals surface area contributed by atoms with E-state index in [1.54, 1.807) is 11.8 Å². The van der Waals surface area contributed by atoms with Crippen LogP contribution in [0.25, 0.3) is 11.0 Å². The van der Waals surface area contributed by atoms with Crippen LogP contribution in [-0.4, -0.2) is 28.0 Å². The summed E-state index contributed by atoms with van der Waals surface area (Å²) in [5.41, 5.74) is 4.44. The van der Waals surface area contributed by atoms with Crippen LogP contribution in [0.5, 0.6) is 0 Å². The van der Waals surface area contributed by atoms with Crippen LogP contribution in [0, 0.1) is 5.92 Å². The van der Waals surface area contributed by atoms with Crippen molar-refractivity contribution in [3.63, 3.8) is 0 Å². The first-order valence-corrected chi connectivity index (χ1v) is 12.4. The Morgan fingerprint density at radius 1 is 0.971 bits per heavy atom. The smallest absolute Gasteiger partial charge is 0.408 e. The molecule has 4 aromatic rings. The quantitative estimate of drug-likeness (QED) is 0.261. The summed E-state index contributed by atoms with van der Waals surface area (Å²) in [4.78, 5) is 33.4. The Morgan fingerprint density at radius 2 is 1.69 bits per heavy atom. The largest absolute Gasteiger partial charge is 0.445 e. The fourth-order valence-corrected chi connectivity index (χ4v) is 4.44. The summed E-state index contributed by atoms with van der Waals surface area (Å²) >= 11 is 1.56. The second-order valence-corrected chi connectivity index (χ2v) is 9.39. The molecule has 1 atom stereocenters. The number of para-hydroxylation sites is 3. The lowest BCUT2D eigenvalue weighted by Gasteiger charge is -2.22. The zero-order chi connectivity index (χ0) is 24.6. The van der Waals surface area contributed by atoms with E-state index in [9.17, 15) is 9.59 Å². The molecular formula is C27H28N4O3S. The fraction of sp³-hybridized carbons (Fsp3) is 0.222. The fourth-order valence-electron chi connectivity index (χ4n) is 3.55. The number of H-pyrrole nitrogens is 1. The van der Waals surface area contributed by atoms with Gasteiger partial charge in [0.15, 0.2) is 5.16 Å². The number of nitrogens with zero attached hydrogens (tertiary/aromatic N) is 1. The summed E-state index contributed by atoms with van der Waals surface area (Å²) in [6.45, 7) is 3.90. The first-order valence-electron chi connectivity index (χ1n) is 11.4. The molecule has 0 spiro atoms. The van der Waals surface area contributed by atoms with Crippen molar-refractivity contribution in [1.82, 2.24) is 15.3 Å². The Bertz CT molecular complexity index is 1260. The summed E-state index contributed by atoms with van der Waals surface area (Å²) < 4.78 is 5.30. The van der Waals surface area contributed by atoms with E-state index in [4.69, 9.17) is 4.74 Å². The molecule has 0 unspecified atom stereocenters. The van der Waals surface area contributed by atoms with Crippen molar-refractivity contribution >= 4 is 40.5 Å². The van der Waals surface area contributed by atoms with Crippen LogP contribution >= 0.6 is 11.8 Å². The number of imidazole rings is 1. The van der Waals surface area contributed by atoms with Gasteiger partial charge in [-0.15, -0.1) is 0 Å². The molecule has 0 radical (unpaired) electrons.